The molecule has 0 fully saturated rings. The lowest BCUT2D eigenvalue weighted by Gasteiger charge is -2.16. The van der Waals surface area contributed by atoms with Crippen molar-refractivity contribution in [3.63, 3.8) is 0 Å². The highest BCUT2D eigenvalue weighted by atomic mass is 32.2. The highest BCUT2D eigenvalue weighted by molar-refractivity contribution is 7.98. The number of benzene rings is 2. The van der Waals surface area contributed by atoms with Gasteiger partial charge in [0.15, 0.2) is 0 Å². The summed E-state index contributed by atoms with van der Waals surface area (Å²) < 4.78 is 42.1. The van der Waals surface area contributed by atoms with Crippen molar-refractivity contribution in [2.45, 2.75) is 36.5 Å². The Morgan fingerprint density at radius 2 is 2.04 bits per heavy atom. The van der Waals surface area contributed by atoms with Crippen LogP contribution < -0.4 is 0 Å². The smallest absolute Gasteiger partial charge is 0.207 e. The zero-order valence-electron chi connectivity index (χ0n) is 13.4. The standard InChI is InChI=1S/C19H16F3NS/c1-11-18-16(9-19(11,21)22)14(3-4-17(18)24-2)6-12-5-13(10-23)8-15(20)7-12/h3-5,7-8,11H,6,9H2,1-2H3. The lowest BCUT2D eigenvalue weighted by molar-refractivity contribution is -0.0103. The summed E-state index contributed by atoms with van der Waals surface area (Å²) in [6.07, 6.45) is 1.93. The molecule has 0 spiro atoms. The van der Waals surface area contributed by atoms with Gasteiger partial charge in [-0.1, -0.05) is 13.0 Å². The number of nitriles is 1. The van der Waals surface area contributed by atoms with Crippen molar-refractivity contribution in [3.8, 4) is 6.07 Å². The first-order chi connectivity index (χ1) is 11.4. The van der Waals surface area contributed by atoms with E-state index in [2.05, 4.69) is 0 Å². The van der Waals surface area contributed by atoms with Crippen molar-refractivity contribution in [1.29, 1.82) is 5.26 Å². The van der Waals surface area contributed by atoms with E-state index in [-0.39, 0.29) is 12.0 Å². The molecule has 1 unspecified atom stereocenters. The van der Waals surface area contributed by atoms with Crippen LogP contribution in [0.1, 0.15) is 40.7 Å². The molecule has 1 atom stereocenters. The first-order valence-corrected chi connectivity index (χ1v) is 8.84. The lowest BCUT2D eigenvalue weighted by Crippen LogP contribution is -2.19. The SMILES string of the molecule is CSc1ccc(Cc2cc(F)cc(C#N)c2)c2c1C(C)C(F)(F)C2. The number of hydrogen-bond donors (Lipinski definition) is 0. The van der Waals surface area contributed by atoms with E-state index in [1.807, 2.05) is 24.5 Å². The molecule has 0 N–H and O–H groups in total. The minimum absolute atomic E-state index is 0.237. The van der Waals surface area contributed by atoms with Gasteiger partial charge in [-0.15, -0.1) is 11.8 Å². The lowest BCUT2D eigenvalue weighted by atomic mass is 9.94. The van der Waals surface area contributed by atoms with Gasteiger partial charge in [-0.3, -0.25) is 0 Å². The van der Waals surface area contributed by atoms with Crippen LogP contribution in [0.4, 0.5) is 13.2 Å². The molecule has 0 saturated heterocycles. The fraction of sp³-hybridized carbons (Fsp3) is 0.316. The molecule has 1 aliphatic carbocycles. The maximum atomic E-state index is 14.2. The second-order valence-corrected chi connectivity index (χ2v) is 6.96. The van der Waals surface area contributed by atoms with E-state index in [0.717, 1.165) is 10.5 Å². The van der Waals surface area contributed by atoms with Crippen LogP contribution >= 0.6 is 11.8 Å². The Kier molecular flexibility index (Phi) is 4.35. The monoisotopic (exact) mass is 347 g/mol. The van der Waals surface area contributed by atoms with Crippen LogP contribution in [-0.2, 0) is 12.8 Å². The maximum absolute atomic E-state index is 14.2. The maximum Gasteiger partial charge on any atom is 0.258 e. The molecular formula is C19H16F3NS. The summed E-state index contributed by atoms with van der Waals surface area (Å²) in [7, 11) is 0. The van der Waals surface area contributed by atoms with Gasteiger partial charge < -0.3 is 0 Å². The van der Waals surface area contributed by atoms with Crippen molar-refractivity contribution in [2.75, 3.05) is 6.26 Å². The van der Waals surface area contributed by atoms with Crippen molar-refractivity contribution < 1.29 is 13.2 Å². The molecule has 0 aliphatic heterocycles. The molecule has 0 aromatic heterocycles. The molecule has 5 heteroatoms. The fourth-order valence-electron chi connectivity index (χ4n) is 3.35. The molecule has 0 bridgehead atoms. The summed E-state index contributed by atoms with van der Waals surface area (Å²) >= 11 is 1.47. The Morgan fingerprint density at radius 3 is 2.71 bits per heavy atom. The van der Waals surface area contributed by atoms with Crippen LogP contribution in [0.3, 0.4) is 0 Å². The van der Waals surface area contributed by atoms with Gasteiger partial charge >= 0.3 is 0 Å². The van der Waals surface area contributed by atoms with Crippen molar-refractivity contribution in [3.05, 3.63) is 64.0 Å². The van der Waals surface area contributed by atoms with Crippen molar-refractivity contribution >= 4 is 11.8 Å². The fourth-order valence-corrected chi connectivity index (χ4v) is 4.08. The average molecular weight is 347 g/mol. The van der Waals surface area contributed by atoms with Crippen LogP contribution in [0.2, 0.25) is 0 Å². The van der Waals surface area contributed by atoms with Gasteiger partial charge in [0.2, 0.25) is 0 Å². The zero-order chi connectivity index (χ0) is 17.5. The topological polar surface area (TPSA) is 23.8 Å². The quantitative estimate of drug-likeness (QED) is 0.703. The molecule has 2 aromatic carbocycles. The Morgan fingerprint density at radius 1 is 1.29 bits per heavy atom. The normalized spacial score (nSPS) is 18.2. The van der Waals surface area contributed by atoms with E-state index < -0.39 is 17.7 Å². The third-order valence-electron chi connectivity index (χ3n) is 4.59. The van der Waals surface area contributed by atoms with E-state index in [4.69, 9.17) is 5.26 Å². The van der Waals surface area contributed by atoms with Gasteiger partial charge in [0.1, 0.15) is 5.82 Å². The van der Waals surface area contributed by atoms with E-state index in [9.17, 15) is 13.2 Å². The van der Waals surface area contributed by atoms with E-state index in [1.165, 1.54) is 23.9 Å². The van der Waals surface area contributed by atoms with Gasteiger partial charge in [0, 0.05) is 17.2 Å². The summed E-state index contributed by atoms with van der Waals surface area (Å²) in [5.74, 6) is -4.07. The second-order valence-electron chi connectivity index (χ2n) is 6.12. The summed E-state index contributed by atoms with van der Waals surface area (Å²) in [6.45, 7) is 1.56. The summed E-state index contributed by atoms with van der Waals surface area (Å²) in [4.78, 5) is 0.871. The third-order valence-corrected chi connectivity index (χ3v) is 5.39. The molecule has 0 amide bonds. The summed E-state index contributed by atoms with van der Waals surface area (Å²) in [5.41, 5.74) is 3.01. The number of hydrogen-bond acceptors (Lipinski definition) is 2. The highest BCUT2D eigenvalue weighted by Gasteiger charge is 2.46. The summed E-state index contributed by atoms with van der Waals surface area (Å²) in [6, 6.07) is 9.75. The minimum atomic E-state index is -2.76. The van der Waals surface area contributed by atoms with E-state index in [0.29, 0.717) is 23.1 Å². The van der Waals surface area contributed by atoms with Crippen LogP contribution in [0.25, 0.3) is 0 Å². The number of halogens is 3. The van der Waals surface area contributed by atoms with Gasteiger partial charge in [0.25, 0.3) is 5.92 Å². The van der Waals surface area contributed by atoms with E-state index >= 15 is 0 Å². The van der Waals surface area contributed by atoms with E-state index in [1.54, 1.807) is 13.0 Å². The van der Waals surface area contributed by atoms with Crippen LogP contribution in [0.15, 0.2) is 35.2 Å². The predicted molar refractivity (Wildman–Crippen MR) is 89.2 cm³/mol. The van der Waals surface area contributed by atoms with Crippen molar-refractivity contribution in [2.24, 2.45) is 0 Å². The number of alkyl halides is 2. The largest absolute Gasteiger partial charge is 0.258 e. The van der Waals surface area contributed by atoms with Gasteiger partial charge in [0.05, 0.1) is 11.6 Å². The number of rotatable bonds is 3. The Hall–Kier alpha value is -1.93. The molecule has 3 rings (SSSR count). The summed E-state index contributed by atoms with van der Waals surface area (Å²) in [5, 5.41) is 8.96. The predicted octanol–water partition coefficient (Wildman–Crippen LogP) is 5.30. The molecule has 124 valence electrons. The first kappa shape index (κ1) is 16.9. The van der Waals surface area contributed by atoms with Gasteiger partial charge in [-0.2, -0.15) is 5.26 Å². The third kappa shape index (κ3) is 2.91. The number of fused-ring (bicyclic) bond motifs is 1. The van der Waals surface area contributed by atoms with Crippen molar-refractivity contribution in [1.82, 2.24) is 0 Å². The Bertz CT molecular complexity index is 839. The number of nitrogens with zero attached hydrogens (tertiary/aromatic N) is 1. The molecule has 1 aliphatic rings. The van der Waals surface area contributed by atoms with Gasteiger partial charge in [-0.25, -0.2) is 13.2 Å². The molecule has 24 heavy (non-hydrogen) atoms. The average Bonchev–Trinajstić information content (AvgIpc) is 2.78. The minimum Gasteiger partial charge on any atom is -0.207 e. The highest BCUT2D eigenvalue weighted by Crippen LogP contribution is 2.49. The van der Waals surface area contributed by atoms with Crippen LogP contribution in [0, 0.1) is 17.1 Å². The number of thioether (sulfide) groups is 1. The zero-order valence-corrected chi connectivity index (χ0v) is 14.2. The van der Waals surface area contributed by atoms with Crippen LogP contribution in [-0.4, -0.2) is 12.2 Å². The molecule has 0 heterocycles. The molecule has 0 saturated carbocycles. The molecule has 2 aromatic rings. The second kappa shape index (κ2) is 6.18. The molecular weight excluding hydrogens is 331 g/mol. The van der Waals surface area contributed by atoms with Crippen LogP contribution in [0.5, 0.6) is 0 Å². The molecule has 0 radical (unpaired) electrons. The van der Waals surface area contributed by atoms with Gasteiger partial charge in [-0.05, 0) is 59.2 Å². The Balaban J connectivity index is 2.06. The first-order valence-electron chi connectivity index (χ1n) is 7.61. The molecule has 1 nitrogen and oxygen atoms in total. The Labute approximate surface area is 143 Å².